The van der Waals surface area contributed by atoms with Crippen LogP contribution in [-0.4, -0.2) is 18.9 Å². The fourth-order valence-corrected chi connectivity index (χ4v) is 4.09. The molecule has 7 nitrogen and oxygen atoms in total. The van der Waals surface area contributed by atoms with Gasteiger partial charge in [-0.3, -0.25) is 4.79 Å². The largest absolute Gasteiger partial charge is 0.497 e. The number of fused-ring (bicyclic) bond motifs is 2. The van der Waals surface area contributed by atoms with Crippen molar-refractivity contribution >= 4 is 28.8 Å². The van der Waals surface area contributed by atoms with Gasteiger partial charge in [-0.2, -0.15) is 0 Å². The number of allylic oxidation sites excluding steroid dienone is 1. The summed E-state index contributed by atoms with van der Waals surface area (Å²) in [5.74, 6) is 1.22. The predicted molar refractivity (Wildman–Crippen MR) is 131 cm³/mol. The summed E-state index contributed by atoms with van der Waals surface area (Å²) in [7, 11) is 1.55. The molecule has 5 aromatic rings. The quantitative estimate of drug-likeness (QED) is 0.161. The van der Waals surface area contributed by atoms with Crippen LogP contribution in [0.2, 0.25) is 0 Å². The Morgan fingerprint density at radius 3 is 2.53 bits per heavy atom. The standard InChI is InChI=1S/C29H18O7/c1-32-18-10-12-23-22(14-18)26(28(36-23)17-6-3-2-4-7-17)29(31)34-20-9-11-21-24(16-20)35-25(27(21)30)15-19-8-5-13-33-19/h2-16H,1H3. The number of rotatable bonds is 5. The minimum atomic E-state index is -0.614. The van der Waals surface area contributed by atoms with E-state index < -0.39 is 5.97 Å². The highest BCUT2D eigenvalue weighted by molar-refractivity contribution is 6.14. The summed E-state index contributed by atoms with van der Waals surface area (Å²) in [5, 5.41) is 0.564. The number of ether oxygens (including phenoxy) is 3. The van der Waals surface area contributed by atoms with Crippen molar-refractivity contribution in [1.29, 1.82) is 0 Å². The summed E-state index contributed by atoms with van der Waals surface area (Å²) in [5.41, 5.74) is 1.90. The monoisotopic (exact) mass is 478 g/mol. The van der Waals surface area contributed by atoms with Gasteiger partial charge in [0, 0.05) is 23.1 Å². The highest BCUT2D eigenvalue weighted by Gasteiger charge is 2.29. The van der Waals surface area contributed by atoms with Crippen molar-refractivity contribution < 1.29 is 32.6 Å². The molecule has 0 aliphatic carbocycles. The Bertz CT molecular complexity index is 1640. The SMILES string of the molecule is COc1ccc2oc(-c3ccccc3)c(C(=O)Oc3ccc4c(c3)OC(=Cc3ccco3)C4=O)c2c1. The van der Waals surface area contributed by atoms with Gasteiger partial charge >= 0.3 is 5.97 Å². The molecule has 0 unspecified atom stereocenters. The number of benzene rings is 3. The summed E-state index contributed by atoms with van der Waals surface area (Å²) >= 11 is 0. The first kappa shape index (κ1) is 21.5. The van der Waals surface area contributed by atoms with Gasteiger partial charge in [-0.1, -0.05) is 30.3 Å². The second-order valence-corrected chi connectivity index (χ2v) is 8.04. The Morgan fingerprint density at radius 1 is 0.917 bits per heavy atom. The van der Waals surface area contributed by atoms with E-state index in [0.717, 1.165) is 5.56 Å². The van der Waals surface area contributed by atoms with Crippen molar-refractivity contribution in [2.75, 3.05) is 7.11 Å². The highest BCUT2D eigenvalue weighted by atomic mass is 16.5. The zero-order chi connectivity index (χ0) is 24.6. The van der Waals surface area contributed by atoms with Gasteiger partial charge in [0.1, 0.15) is 39.9 Å². The molecule has 1 aliphatic rings. The number of furan rings is 2. The van der Waals surface area contributed by atoms with Crippen LogP contribution in [0.1, 0.15) is 26.5 Å². The van der Waals surface area contributed by atoms with Crippen LogP contribution >= 0.6 is 0 Å². The van der Waals surface area contributed by atoms with E-state index in [1.54, 1.807) is 49.6 Å². The fourth-order valence-electron chi connectivity index (χ4n) is 4.09. The third kappa shape index (κ3) is 3.73. The number of hydrogen-bond acceptors (Lipinski definition) is 7. The summed E-state index contributed by atoms with van der Waals surface area (Å²) in [6.07, 6.45) is 3.03. The van der Waals surface area contributed by atoms with E-state index in [-0.39, 0.29) is 22.9 Å². The normalized spacial score (nSPS) is 13.6. The number of ketones is 1. The van der Waals surface area contributed by atoms with Crippen LogP contribution in [-0.2, 0) is 0 Å². The van der Waals surface area contributed by atoms with Crippen molar-refractivity contribution in [1.82, 2.24) is 0 Å². The maximum Gasteiger partial charge on any atom is 0.348 e. The van der Waals surface area contributed by atoms with Crippen LogP contribution in [0.25, 0.3) is 28.4 Å². The number of carbonyl (C=O) groups is 2. The molecule has 176 valence electrons. The molecule has 36 heavy (non-hydrogen) atoms. The van der Waals surface area contributed by atoms with E-state index in [4.69, 9.17) is 23.0 Å². The lowest BCUT2D eigenvalue weighted by atomic mass is 10.1. The second kappa shape index (κ2) is 8.63. The van der Waals surface area contributed by atoms with Crippen LogP contribution in [0.15, 0.2) is 99.7 Å². The minimum absolute atomic E-state index is 0.128. The lowest BCUT2D eigenvalue weighted by Gasteiger charge is -2.07. The Labute approximate surface area is 205 Å². The average Bonchev–Trinajstić information content (AvgIpc) is 3.62. The van der Waals surface area contributed by atoms with Crippen LogP contribution in [0.3, 0.4) is 0 Å². The van der Waals surface area contributed by atoms with E-state index in [9.17, 15) is 9.59 Å². The molecule has 0 radical (unpaired) electrons. The van der Waals surface area contributed by atoms with E-state index in [0.29, 0.717) is 39.6 Å². The van der Waals surface area contributed by atoms with Crippen molar-refractivity contribution in [3.63, 3.8) is 0 Å². The number of carbonyl (C=O) groups excluding carboxylic acids is 2. The summed E-state index contributed by atoms with van der Waals surface area (Å²) in [6.45, 7) is 0. The third-order valence-corrected chi connectivity index (χ3v) is 5.80. The number of methoxy groups -OCH3 is 1. The number of Topliss-reactive ketones (excluding diaryl/α,β-unsaturated/α-hetero) is 1. The van der Waals surface area contributed by atoms with E-state index in [1.807, 2.05) is 30.3 Å². The van der Waals surface area contributed by atoms with Crippen molar-refractivity contribution in [2.24, 2.45) is 0 Å². The molecule has 7 heteroatoms. The Kier molecular flexibility index (Phi) is 5.15. The van der Waals surface area contributed by atoms with E-state index in [2.05, 4.69) is 0 Å². The lowest BCUT2D eigenvalue weighted by Crippen LogP contribution is -2.09. The van der Waals surface area contributed by atoms with Crippen LogP contribution in [0.5, 0.6) is 17.2 Å². The maximum absolute atomic E-state index is 13.5. The molecule has 0 N–H and O–H groups in total. The van der Waals surface area contributed by atoms with Gasteiger partial charge in [0.05, 0.1) is 18.9 Å². The van der Waals surface area contributed by atoms with E-state index >= 15 is 0 Å². The van der Waals surface area contributed by atoms with Crippen molar-refractivity contribution in [2.45, 2.75) is 0 Å². The van der Waals surface area contributed by atoms with Gasteiger partial charge in [0.2, 0.25) is 5.78 Å². The molecular weight excluding hydrogens is 460 g/mol. The smallest absolute Gasteiger partial charge is 0.348 e. The Balaban J connectivity index is 1.36. The first-order valence-electron chi connectivity index (χ1n) is 11.1. The highest BCUT2D eigenvalue weighted by Crippen LogP contribution is 2.38. The molecule has 0 atom stereocenters. The minimum Gasteiger partial charge on any atom is -0.497 e. The zero-order valence-corrected chi connectivity index (χ0v) is 19.0. The average molecular weight is 478 g/mol. The zero-order valence-electron chi connectivity index (χ0n) is 19.0. The topological polar surface area (TPSA) is 88.1 Å². The summed E-state index contributed by atoms with van der Waals surface area (Å²) < 4.78 is 28.1. The fraction of sp³-hybridized carbons (Fsp3) is 0.0345. The van der Waals surface area contributed by atoms with Crippen molar-refractivity contribution in [3.05, 3.63) is 108 Å². The van der Waals surface area contributed by atoms with Gasteiger partial charge < -0.3 is 23.0 Å². The van der Waals surface area contributed by atoms with Gasteiger partial charge in [-0.25, -0.2) is 4.79 Å². The molecule has 0 fully saturated rings. The summed E-state index contributed by atoms with van der Waals surface area (Å²) in [4.78, 5) is 26.2. The van der Waals surface area contributed by atoms with Gasteiger partial charge in [-0.15, -0.1) is 0 Å². The molecule has 3 aromatic carbocycles. The molecule has 0 saturated carbocycles. The molecule has 2 aromatic heterocycles. The molecule has 0 amide bonds. The molecule has 6 rings (SSSR count). The van der Waals surface area contributed by atoms with Crippen molar-refractivity contribution in [3.8, 4) is 28.6 Å². The Morgan fingerprint density at radius 2 is 1.75 bits per heavy atom. The molecular formula is C29H18O7. The van der Waals surface area contributed by atoms with Crippen LogP contribution in [0.4, 0.5) is 0 Å². The molecule has 3 heterocycles. The molecule has 0 saturated heterocycles. The first-order chi connectivity index (χ1) is 17.6. The van der Waals surface area contributed by atoms with Crippen LogP contribution < -0.4 is 14.2 Å². The number of hydrogen-bond donors (Lipinski definition) is 0. The summed E-state index contributed by atoms with van der Waals surface area (Å²) in [6, 6.07) is 22.6. The second-order valence-electron chi connectivity index (χ2n) is 8.04. The lowest BCUT2D eigenvalue weighted by molar-refractivity contribution is 0.0736. The van der Waals surface area contributed by atoms with E-state index in [1.165, 1.54) is 18.4 Å². The van der Waals surface area contributed by atoms with Crippen LogP contribution in [0, 0.1) is 0 Å². The van der Waals surface area contributed by atoms with Gasteiger partial charge in [0.25, 0.3) is 0 Å². The Hall–Kier alpha value is -5.04. The molecule has 0 bridgehead atoms. The van der Waals surface area contributed by atoms with Gasteiger partial charge in [0.15, 0.2) is 5.76 Å². The predicted octanol–water partition coefficient (Wildman–Crippen LogP) is 6.54. The first-order valence-corrected chi connectivity index (χ1v) is 11.1. The molecule has 1 aliphatic heterocycles. The third-order valence-electron chi connectivity index (χ3n) is 5.80. The molecule has 0 spiro atoms. The maximum atomic E-state index is 13.5. The number of esters is 1. The van der Waals surface area contributed by atoms with Gasteiger partial charge in [-0.05, 0) is 42.5 Å².